The molecule has 14 heavy (non-hydrogen) atoms. The third-order valence-electron chi connectivity index (χ3n) is 1.78. The molecule has 0 aliphatic carbocycles. The van der Waals surface area contributed by atoms with Crippen molar-refractivity contribution in [3.05, 3.63) is 18.3 Å². The van der Waals surface area contributed by atoms with Crippen LogP contribution in [0.2, 0.25) is 0 Å². The molecule has 0 aliphatic rings. The molecule has 0 aromatic carbocycles. The van der Waals surface area contributed by atoms with Crippen molar-refractivity contribution in [2.24, 2.45) is 0 Å². The summed E-state index contributed by atoms with van der Waals surface area (Å²) < 4.78 is 5.47. The van der Waals surface area contributed by atoms with E-state index in [0.717, 1.165) is 18.7 Å². The summed E-state index contributed by atoms with van der Waals surface area (Å²) in [6.45, 7) is 1.74. The van der Waals surface area contributed by atoms with Crippen LogP contribution in [-0.2, 0) is 0 Å². The highest BCUT2D eigenvalue weighted by Gasteiger charge is 1.94. The first kappa shape index (κ1) is 10.8. The average molecular weight is 195 g/mol. The predicted octanol–water partition coefficient (Wildman–Crippen LogP) is 0.994. The minimum atomic E-state index is 0.519. The fourth-order valence-electron chi connectivity index (χ4n) is 1.05. The Balaban J connectivity index is 2.21. The minimum Gasteiger partial charge on any atom is -0.492 e. The van der Waals surface area contributed by atoms with Crippen LogP contribution in [0.25, 0.3) is 0 Å². The van der Waals surface area contributed by atoms with Crippen LogP contribution in [0, 0.1) is 0 Å². The highest BCUT2D eigenvalue weighted by Crippen LogP contribution is 2.09. The van der Waals surface area contributed by atoms with Gasteiger partial charge in [-0.05, 0) is 32.6 Å². The maximum Gasteiger partial charge on any atom is 0.137 e. The zero-order valence-corrected chi connectivity index (χ0v) is 8.73. The van der Waals surface area contributed by atoms with Gasteiger partial charge in [0.05, 0.1) is 12.8 Å². The predicted molar refractivity (Wildman–Crippen MR) is 57.3 cm³/mol. The monoisotopic (exact) mass is 195 g/mol. The molecule has 0 radical (unpaired) electrons. The molecule has 0 spiro atoms. The number of nitrogens with two attached hydrogens (primary N) is 1. The summed E-state index contributed by atoms with van der Waals surface area (Å²) >= 11 is 0. The quantitative estimate of drug-likeness (QED) is 0.712. The smallest absolute Gasteiger partial charge is 0.137 e. The van der Waals surface area contributed by atoms with Crippen molar-refractivity contribution in [2.45, 2.75) is 6.42 Å². The van der Waals surface area contributed by atoms with E-state index in [0.29, 0.717) is 12.4 Å². The van der Waals surface area contributed by atoms with Crippen molar-refractivity contribution in [1.82, 2.24) is 9.88 Å². The van der Waals surface area contributed by atoms with Gasteiger partial charge < -0.3 is 15.4 Å². The van der Waals surface area contributed by atoms with Crippen LogP contribution < -0.4 is 10.5 Å². The third-order valence-corrected chi connectivity index (χ3v) is 1.78. The number of ether oxygens (including phenoxy) is 1. The van der Waals surface area contributed by atoms with Crippen LogP contribution >= 0.6 is 0 Å². The fraction of sp³-hybridized carbons (Fsp3) is 0.500. The molecule has 4 nitrogen and oxygen atoms in total. The Morgan fingerprint density at radius 3 is 2.79 bits per heavy atom. The van der Waals surface area contributed by atoms with Gasteiger partial charge in [-0.3, -0.25) is 0 Å². The van der Waals surface area contributed by atoms with Crippen LogP contribution in [0.3, 0.4) is 0 Å². The van der Waals surface area contributed by atoms with Gasteiger partial charge in [-0.2, -0.15) is 0 Å². The van der Waals surface area contributed by atoms with Crippen molar-refractivity contribution in [1.29, 1.82) is 0 Å². The van der Waals surface area contributed by atoms with Gasteiger partial charge in [-0.1, -0.05) is 0 Å². The van der Waals surface area contributed by atoms with Crippen LogP contribution in [0.4, 0.5) is 5.82 Å². The van der Waals surface area contributed by atoms with E-state index in [1.807, 2.05) is 20.2 Å². The Bertz CT molecular complexity index is 259. The lowest BCUT2D eigenvalue weighted by atomic mass is 10.4. The number of hydrogen-bond donors (Lipinski definition) is 1. The number of nitrogens with zero attached hydrogens (tertiary/aromatic N) is 2. The molecule has 1 rings (SSSR count). The fourth-order valence-corrected chi connectivity index (χ4v) is 1.05. The van der Waals surface area contributed by atoms with E-state index in [2.05, 4.69) is 9.88 Å². The van der Waals surface area contributed by atoms with E-state index in [9.17, 15) is 0 Å². The Hall–Kier alpha value is -1.29. The first-order valence-electron chi connectivity index (χ1n) is 4.67. The van der Waals surface area contributed by atoms with Gasteiger partial charge in [0, 0.05) is 6.54 Å². The first-order chi connectivity index (χ1) is 6.68. The highest BCUT2D eigenvalue weighted by atomic mass is 16.5. The summed E-state index contributed by atoms with van der Waals surface area (Å²) in [6, 6.07) is 3.57. The number of nitrogen functional groups attached to an aromatic ring is 1. The minimum absolute atomic E-state index is 0.519. The number of rotatable bonds is 5. The van der Waals surface area contributed by atoms with Crippen LogP contribution in [0.15, 0.2) is 18.3 Å². The van der Waals surface area contributed by atoms with Gasteiger partial charge in [0.25, 0.3) is 0 Å². The Morgan fingerprint density at radius 2 is 2.21 bits per heavy atom. The molecule has 4 heteroatoms. The van der Waals surface area contributed by atoms with Crippen molar-refractivity contribution in [2.75, 3.05) is 33.0 Å². The van der Waals surface area contributed by atoms with Gasteiger partial charge in [0.15, 0.2) is 0 Å². The zero-order chi connectivity index (χ0) is 10.4. The molecule has 0 bridgehead atoms. The lowest BCUT2D eigenvalue weighted by Crippen LogP contribution is -2.15. The second-order valence-electron chi connectivity index (χ2n) is 3.42. The van der Waals surface area contributed by atoms with Crippen molar-refractivity contribution in [3.8, 4) is 5.75 Å². The second kappa shape index (κ2) is 5.44. The Morgan fingerprint density at radius 1 is 1.43 bits per heavy atom. The largest absolute Gasteiger partial charge is 0.492 e. The van der Waals surface area contributed by atoms with E-state index < -0.39 is 0 Å². The molecular weight excluding hydrogens is 178 g/mol. The summed E-state index contributed by atoms with van der Waals surface area (Å²) in [4.78, 5) is 6.06. The van der Waals surface area contributed by atoms with Crippen LogP contribution in [-0.4, -0.2) is 37.1 Å². The van der Waals surface area contributed by atoms with Gasteiger partial charge in [-0.15, -0.1) is 0 Å². The van der Waals surface area contributed by atoms with E-state index in [1.165, 1.54) is 0 Å². The van der Waals surface area contributed by atoms with Crippen LogP contribution in [0.5, 0.6) is 5.75 Å². The molecule has 0 atom stereocenters. The van der Waals surface area contributed by atoms with Gasteiger partial charge >= 0.3 is 0 Å². The van der Waals surface area contributed by atoms with Crippen molar-refractivity contribution in [3.63, 3.8) is 0 Å². The van der Waals surface area contributed by atoms with E-state index in [-0.39, 0.29) is 0 Å². The topological polar surface area (TPSA) is 51.4 Å². The summed E-state index contributed by atoms with van der Waals surface area (Å²) in [7, 11) is 4.09. The number of pyridine rings is 1. The average Bonchev–Trinajstić information content (AvgIpc) is 2.15. The normalized spacial score (nSPS) is 10.5. The molecule has 2 N–H and O–H groups in total. The number of aromatic nitrogens is 1. The maximum absolute atomic E-state index is 5.47. The Kier molecular flexibility index (Phi) is 4.19. The van der Waals surface area contributed by atoms with Gasteiger partial charge in [0.1, 0.15) is 11.6 Å². The molecular formula is C10H17N3O. The van der Waals surface area contributed by atoms with Crippen molar-refractivity contribution >= 4 is 5.82 Å². The number of anilines is 1. The summed E-state index contributed by atoms with van der Waals surface area (Å²) in [6.07, 6.45) is 2.66. The van der Waals surface area contributed by atoms with E-state index in [4.69, 9.17) is 10.5 Å². The zero-order valence-electron chi connectivity index (χ0n) is 8.73. The molecule has 1 aromatic heterocycles. The first-order valence-corrected chi connectivity index (χ1v) is 4.67. The molecule has 1 aromatic rings. The van der Waals surface area contributed by atoms with E-state index in [1.54, 1.807) is 12.3 Å². The standard InChI is InChI=1S/C10H17N3O/c1-13(2)6-3-7-14-9-4-5-10(11)12-8-9/h4-5,8H,3,6-7H2,1-2H3,(H2,11,12). The lowest BCUT2D eigenvalue weighted by molar-refractivity contribution is 0.281. The molecule has 0 amide bonds. The molecule has 0 fully saturated rings. The molecule has 78 valence electrons. The SMILES string of the molecule is CN(C)CCCOc1ccc(N)nc1. The highest BCUT2D eigenvalue weighted by molar-refractivity contribution is 5.31. The summed E-state index contributed by atoms with van der Waals surface area (Å²) in [5.74, 6) is 1.29. The van der Waals surface area contributed by atoms with Crippen LogP contribution in [0.1, 0.15) is 6.42 Å². The van der Waals surface area contributed by atoms with E-state index >= 15 is 0 Å². The molecule has 0 saturated carbocycles. The van der Waals surface area contributed by atoms with Crippen molar-refractivity contribution < 1.29 is 4.74 Å². The maximum atomic E-state index is 5.47. The summed E-state index contributed by atoms with van der Waals surface area (Å²) in [5, 5.41) is 0. The van der Waals surface area contributed by atoms with Gasteiger partial charge in [0.2, 0.25) is 0 Å². The lowest BCUT2D eigenvalue weighted by Gasteiger charge is -2.09. The molecule has 0 unspecified atom stereocenters. The third kappa shape index (κ3) is 4.09. The summed E-state index contributed by atoms with van der Waals surface area (Å²) in [5.41, 5.74) is 5.45. The molecule has 0 aliphatic heterocycles. The molecule has 0 saturated heterocycles. The Labute approximate surface area is 84.7 Å². The second-order valence-corrected chi connectivity index (χ2v) is 3.42. The molecule has 1 heterocycles. The van der Waals surface area contributed by atoms with Gasteiger partial charge in [-0.25, -0.2) is 4.98 Å². The number of hydrogen-bond acceptors (Lipinski definition) is 4.